The molecule has 0 bridgehead atoms. The first kappa shape index (κ1) is 23.5. The lowest BCUT2D eigenvalue weighted by atomic mass is 10.0. The average molecular weight is 440 g/mol. The number of rotatable bonds is 6. The fourth-order valence-corrected chi connectivity index (χ4v) is 3.77. The minimum atomic E-state index is -0.345. The summed E-state index contributed by atoms with van der Waals surface area (Å²) in [7, 11) is 1.54. The smallest absolute Gasteiger partial charge is 0.338 e. The molecule has 1 N–H and O–H groups in total. The van der Waals surface area contributed by atoms with Gasteiger partial charge in [-0.1, -0.05) is 42.3 Å². The van der Waals surface area contributed by atoms with Crippen molar-refractivity contribution in [3.63, 3.8) is 0 Å². The van der Waals surface area contributed by atoms with Crippen LogP contribution < -0.4 is 5.32 Å². The zero-order valence-electron chi connectivity index (χ0n) is 19.6. The number of hydrogen-bond acceptors (Lipinski definition) is 5. The second kappa shape index (κ2) is 10.4. The number of methoxy groups -OCH3 is 1. The first-order valence-electron chi connectivity index (χ1n) is 11.1. The Morgan fingerprint density at radius 2 is 2.00 bits per heavy atom. The molecular formula is C24H33N5O3. The molecule has 0 aromatic heterocycles. The third kappa shape index (κ3) is 5.36. The highest BCUT2D eigenvalue weighted by Gasteiger charge is 2.39. The minimum absolute atomic E-state index is 0.111. The molecule has 3 rings (SSSR count). The Labute approximate surface area is 190 Å². The number of carbonyl (C=O) groups excluding carboxylic acids is 2. The Morgan fingerprint density at radius 3 is 2.59 bits per heavy atom. The summed E-state index contributed by atoms with van der Waals surface area (Å²) in [4.78, 5) is 31.6. The van der Waals surface area contributed by atoms with Crippen molar-refractivity contribution in [3.05, 3.63) is 46.7 Å². The maximum Gasteiger partial charge on any atom is 0.338 e. The summed E-state index contributed by atoms with van der Waals surface area (Å²) in [5.74, 6) is 0.538. The third-order valence-corrected chi connectivity index (χ3v) is 6.02. The number of ether oxygens (including phenoxy) is 1. The molecule has 0 unspecified atom stereocenters. The second-order valence-corrected chi connectivity index (χ2v) is 8.23. The van der Waals surface area contributed by atoms with E-state index >= 15 is 0 Å². The Bertz CT molecular complexity index is 949. The molecule has 0 saturated carbocycles. The molecule has 8 nitrogen and oxygen atoms in total. The van der Waals surface area contributed by atoms with Gasteiger partial charge in [-0.25, -0.2) is 14.8 Å². The number of allylic oxidation sites excluding steroid dienone is 2. The van der Waals surface area contributed by atoms with Crippen molar-refractivity contribution in [1.82, 2.24) is 15.2 Å². The molecule has 1 atom stereocenters. The number of benzene rings is 1. The minimum Gasteiger partial charge on any atom is -0.483 e. The summed E-state index contributed by atoms with van der Waals surface area (Å²) in [6.45, 7) is 9.21. The van der Waals surface area contributed by atoms with Gasteiger partial charge in [-0.05, 0) is 39.2 Å². The number of hydrogen-bond donors (Lipinski definition) is 1. The zero-order valence-corrected chi connectivity index (χ0v) is 19.6. The van der Waals surface area contributed by atoms with E-state index in [1.165, 1.54) is 12.1 Å². The van der Waals surface area contributed by atoms with Gasteiger partial charge in [0.05, 0.1) is 32.0 Å². The molecule has 1 aromatic rings. The number of carbonyl (C=O) groups is 2. The van der Waals surface area contributed by atoms with Crippen LogP contribution in [0.15, 0.2) is 45.6 Å². The van der Waals surface area contributed by atoms with Gasteiger partial charge in [0.2, 0.25) is 11.8 Å². The number of hydrazone groups is 1. The number of nitrogens with one attached hydrogen (secondary N) is 1. The molecule has 1 saturated heterocycles. The number of aliphatic imine (C=N–C) groups is 1. The highest BCUT2D eigenvalue weighted by Crippen LogP contribution is 2.24. The van der Waals surface area contributed by atoms with Gasteiger partial charge < -0.3 is 15.0 Å². The summed E-state index contributed by atoms with van der Waals surface area (Å²) in [6.07, 6.45) is 2.28. The Hall–Kier alpha value is -3.16. The molecule has 1 aromatic carbocycles. The molecule has 172 valence electrons. The molecule has 3 amide bonds. The number of amides is 3. The molecule has 2 heterocycles. The van der Waals surface area contributed by atoms with Gasteiger partial charge in [0.1, 0.15) is 0 Å². The van der Waals surface area contributed by atoms with E-state index < -0.39 is 0 Å². The summed E-state index contributed by atoms with van der Waals surface area (Å²) in [5.41, 5.74) is 4.85. The third-order valence-electron chi connectivity index (χ3n) is 6.02. The predicted molar refractivity (Wildman–Crippen MR) is 126 cm³/mol. The standard InChI is InChI=1S/C24H33N5O3/c1-6-17(3)18(4)26-21(32-5)14-25-24(31)29-15-20(28-13-7-8-22(28)30)23(27-29)19-11-9-16(2)10-12-19/h9-12,20H,6-8,13-15H2,1-5H3,(H,25,31)/b18-17+,26-21-/t20-/m0/s1. The van der Waals surface area contributed by atoms with Crippen molar-refractivity contribution in [1.29, 1.82) is 0 Å². The molecular weight excluding hydrogens is 406 g/mol. The van der Waals surface area contributed by atoms with Crippen LogP contribution in [0.5, 0.6) is 0 Å². The second-order valence-electron chi connectivity index (χ2n) is 8.23. The SMILES string of the molecule is CC/C(C)=C(C)/N=C(/CNC(=O)N1C[C@H](N2CCCC2=O)C(c2ccc(C)cc2)=N1)OC. The molecule has 32 heavy (non-hydrogen) atoms. The van der Waals surface area contributed by atoms with Crippen molar-refractivity contribution < 1.29 is 14.3 Å². The van der Waals surface area contributed by atoms with Gasteiger partial charge >= 0.3 is 6.03 Å². The van der Waals surface area contributed by atoms with Crippen molar-refractivity contribution in [2.45, 2.75) is 53.0 Å². The largest absolute Gasteiger partial charge is 0.483 e. The van der Waals surface area contributed by atoms with Crippen LogP contribution in [0.1, 0.15) is 51.2 Å². The van der Waals surface area contributed by atoms with Gasteiger partial charge in [-0.2, -0.15) is 5.10 Å². The number of aryl methyl sites for hydroxylation is 1. The van der Waals surface area contributed by atoms with Gasteiger partial charge in [-0.3, -0.25) is 4.79 Å². The van der Waals surface area contributed by atoms with Crippen LogP contribution in [0.3, 0.4) is 0 Å². The lowest BCUT2D eigenvalue weighted by Crippen LogP contribution is -2.46. The molecule has 0 spiro atoms. The van der Waals surface area contributed by atoms with Crippen molar-refractivity contribution in [2.75, 3.05) is 26.7 Å². The van der Waals surface area contributed by atoms with E-state index in [2.05, 4.69) is 22.3 Å². The maximum absolute atomic E-state index is 12.9. The highest BCUT2D eigenvalue weighted by atomic mass is 16.5. The van der Waals surface area contributed by atoms with E-state index in [1.54, 1.807) is 0 Å². The predicted octanol–water partition coefficient (Wildman–Crippen LogP) is 3.46. The molecule has 0 aliphatic carbocycles. The first-order chi connectivity index (χ1) is 15.3. The van der Waals surface area contributed by atoms with Crippen LogP contribution in [-0.4, -0.2) is 66.2 Å². The van der Waals surface area contributed by atoms with E-state index in [-0.39, 0.29) is 24.5 Å². The average Bonchev–Trinajstić information content (AvgIpc) is 3.42. The van der Waals surface area contributed by atoms with Crippen LogP contribution in [0.2, 0.25) is 0 Å². The van der Waals surface area contributed by atoms with Crippen LogP contribution in [-0.2, 0) is 9.53 Å². The van der Waals surface area contributed by atoms with Crippen molar-refractivity contribution in [2.24, 2.45) is 10.1 Å². The molecule has 2 aliphatic heterocycles. The Balaban J connectivity index is 1.76. The lowest BCUT2D eigenvalue weighted by Gasteiger charge is -2.25. The maximum atomic E-state index is 12.9. The van der Waals surface area contributed by atoms with E-state index in [9.17, 15) is 9.59 Å². The number of nitrogens with zero attached hydrogens (tertiary/aromatic N) is 4. The van der Waals surface area contributed by atoms with Crippen LogP contribution >= 0.6 is 0 Å². The molecule has 1 fully saturated rings. The number of urea groups is 1. The quantitative estimate of drug-likeness (QED) is 0.544. The van der Waals surface area contributed by atoms with E-state index in [4.69, 9.17) is 4.74 Å². The van der Waals surface area contributed by atoms with Crippen LogP contribution in [0, 0.1) is 6.92 Å². The number of likely N-dealkylation sites (tertiary alicyclic amines) is 1. The lowest BCUT2D eigenvalue weighted by molar-refractivity contribution is -0.128. The highest BCUT2D eigenvalue weighted by molar-refractivity contribution is 6.08. The molecule has 2 aliphatic rings. The summed E-state index contributed by atoms with van der Waals surface area (Å²) < 4.78 is 5.34. The van der Waals surface area contributed by atoms with Crippen molar-refractivity contribution in [3.8, 4) is 0 Å². The van der Waals surface area contributed by atoms with Crippen LogP contribution in [0.25, 0.3) is 0 Å². The summed E-state index contributed by atoms with van der Waals surface area (Å²) in [6, 6.07) is 7.42. The van der Waals surface area contributed by atoms with Gasteiger partial charge in [0.15, 0.2) is 0 Å². The fraction of sp³-hybridized carbons (Fsp3) is 0.500. The topological polar surface area (TPSA) is 86.6 Å². The normalized spacial score (nSPS) is 19.8. The molecule has 0 radical (unpaired) electrons. The van der Waals surface area contributed by atoms with Gasteiger partial charge in [0.25, 0.3) is 0 Å². The monoisotopic (exact) mass is 439 g/mol. The van der Waals surface area contributed by atoms with Crippen LogP contribution in [0.4, 0.5) is 4.79 Å². The zero-order chi connectivity index (χ0) is 23.3. The van der Waals surface area contributed by atoms with E-state index in [0.717, 1.165) is 41.0 Å². The van der Waals surface area contributed by atoms with Gasteiger partial charge in [-0.15, -0.1) is 0 Å². The Kier molecular flexibility index (Phi) is 7.66. The Morgan fingerprint density at radius 1 is 1.28 bits per heavy atom. The van der Waals surface area contributed by atoms with Gasteiger partial charge in [0, 0.05) is 18.7 Å². The van der Waals surface area contributed by atoms with E-state index in [1.807, 2.05) is 49.9 Å². The van der Waals surface area contributed by atoms with E-state index in [0.29, 0.717) is 25.4 Å². The fourth-order valence-electron chi connectivity index (χ4n) is 3.77. The van der Waals surface area contributed by atoms with Crippen molar-refractivity contribution >= 4 is 23.5 Å². The first-order valence-corrected chi connectivity index (χ1v) is 11.1. The summed E-state index contributed by atoms with van der Waals surface area (Å²) in [5, 5.41) is 8.85. The summed E-state index contributed by atoms with van der Waals surface area (Å²) >= 11 is 0. The molecule has 8 heteroatoms.